The van der Waals surface area contributed by atoms with Crippen molar-refractivity contribution in [3.05, 3.63) is 47.6 Å². The Morgan fingerprint density at radius 2 is 1.94 bits per heavy atom. The van der Waals surface area contributed by atoms with Crippen LogP contribution in [0, 0.1) is 29.1 Å². The van der Waals surface area contributed by atoms with E-state index in [4.69, 9.17) is 4.74 Å². The average molecular weight is 453 g/mol. The Morgan fingerprint density at radius 3 is 2.67 bits per heavy atom. The summed E-state index contributed by atoms with van der Waals surface area (Å²) in [5.74, 6) is 3.03. The first-order valence-corrected chi connectivity index (χ1v) is 13.7. The summed E-state index contributed by atoms with van der Waals surface area (Å²) in [4.78, 5) is 11.9. The highest BCUT2D eigenvalue weighted by atomic mass is 16.5. The maximum atomic E-state index is 11.9. The molecule has 0 N–H and O–H groups in total. The minimum absolute atomic E-state index is 0.0250. The summed E-state index contributed by atoms with van der Waals surface area (Å²) in [6, 6.07) is 0. The van der Waals surface area contributed by atoms with Gasteiger partial charge in [0.2, 0.25) is 0 Å². The molecule has 1 unspecified atom stereocenters. The van der Waals surface area contributed by atoms with E-state index in [1.807, 2.05) is 6.92 Å². The molecule has 3 aliphatic carbocycles. The van der Waals surface area contributed by atoms with Gasteiger partial charge >= 0.3 is 5.97 Å². The number of carbonyl (C=O) groups is 1. The van der Waals surface area contributed by atoms with Crippen LogP contribution in [0.4, 0.5) is 0 Å². The quantitative estimate of drug-likeness (QED) is 0.272. The van der Waals surface area contributed by atoms with E-state index >= 15 is 0 Å². The van der Waals surface area contributed by atoms with E-state index in [1.165, 1.54) is 68.6 Å². The average Bonchev–Trinajstić information content (AvgIpc) is 3.11. The van der Waals surface area contributed by atoms with E-state index < -0.39 is 0 Å². The third kappa shape index (κ3) is 6.52. The molecule has 33 heavy (non-hydrogen) atoms. The lowest BCUT2D eigenvalue weighted by Gasteiger charge is -2.44. The zero-order chi connectivity index (χ0) is 24.0. The van der Waals surface area contributed by atoms with Crippen molar-refractivity contribution in [2.45, 2.75) is 111 Å². The molecule has 0 aromatic heterocycles. The Morgan fingerprint density at radius 1 is 1.15 bits per heavy atom. The normalized spacial score (nSPS) is 33.8. The van der Waals surface area contributed by atoms with Crippen molar-refractivity contribution in [1.82, 2.24) is 0 Å². The molecule has 0 aromatic carbocycles. The van der Waals surface area contributed by atoms with E-state index in [2.05, 4.69) is 46.4 Å². The second-order valence-electron chi connectivity index (χ2n) is 11.7. The van der Waals surface area contributed by atoms with Gasteiger partial charge in [-0.3, -0.25) is 0 Å². The Bertz CT molecular complexity index is 783. The van der Waals surface area contributed by atoms with Gasteiger partial charge in [-0.15, -0.1) is 0 Å². The molecule has 184 valence electrons. The van der Waals surface area contributed by atoms with Gasteiger partial charge in [0, 0.05) is 12.5 Å². The Labute approximate surface area is 203 Å². The maximum absolute atomic E-state index is 11.9. The fourth-order valence-corrected chi connectivity index (χ4v) is 7.08. The van der Waals surface area contributed by atoms with E-state index in [1.54, 1.807) is 11.6 Å². The smallest absolute Gasteiger partial charge is 0.330 e. The molecule has 5 atom stereocenters. The van der Waals surface area contributed by atoms with Gasteiger partial charge in [0.25, 0.3) is 0 Å². The molecule has 3 aliphatic rings. The van der Waals surface area contributed by atoms with Gasteiger partial charge in [0.05, 0.1) is 0 Å². The highest BCUT2D eigenvalue weighted by Gasteiger charge is 2.50. The molecule has 0 amide bonds. The summed E-state index contributed by atoms with van der Waals surface area (Å²) >= 11 is 0. The number of carbonyl (C=O) groups excluding carboxylic acids is 1. The number of esters is 1. The molecular formula is C31H48O2. The van der Waals surface area contributed by atoms with Gasteiger partial charge < -0.3 is 4.74 Å². The van der Waals surface area contributed by atoms with Crippen LogP contribution >= 0.6 is 0 Å². The minimum atomic E-state index is -0.227. The standard InChI is InChI=1S/C31H48O2/c1-7-10-30(32)33-27-17-14-23(4)26(21-27)16-15-25-13-9-20-31(6)28(18-19-29(25)31)24(5)12-8-11-22(2)3/h7,10,15-16,22,24,27-29H,4,8-9,11-14,17-21H2,1-3,5-6H3/t24-,27+,28-,29?,31-/m1/s1. The van der Waals surface area contributed by atoms with E-state index in [0.29, 0.717) is 5.41 Å². The summed E-state index contributed by atoms with van der Waals surface area (Å²) in [6.07, 6.45) is 21.4. The van der Waals surface area contributed by atoms with Crippen molar-refractivity contribution in [1.29, 1.82) is 0 Å². The predicted molar refractivity (Wildman–Crippen MR) is 140 cm³/mol. The Kier molecular flexibility index (Phi) is 9.25. The predicted octanol–water partition coefficient (Wildman–Crippen LogP) is 8.75. The Balaban J connectivity index is 1.68. The van der Waals surface area contributed by atoms with E-state index in [0.717, 1.165) is 42.9 Å². The number of allylic oxidation sites excluding steroid dienone is 5. The second kappa shape index (κ2) is 11.7. The molecular weight excluding hydrogens is 404 g/mol. The highest BCUT2D eigenvalue weighted by Crippen LogP contribution is 2.60. The van der Waals surface area contributed by atoms with Gasteiger partial charge in [-0.05, 0) is 86.5 Å². The van der Waals surface area contributed by atoms with Crippen molar-refractivity contribution in [3.63, 3.8) is 0 Å². The molecule has 0 bridgehead atoms. The first kappa shape index (κ1) is 26.0. The van der Waals surface area contributed by atoms with Gasteiger partial charge in [-0.1, -0.05) is 82.9 Å². The van der Waals surface area contributed by atoms with Crippen molar-refractivity contribution >= 4 is 5.97 Å². The van der Waals surface area contributed by atoms with Crippen LogP contribution in [0.2, 0.25) is 0 Å². The molecule has 2 heteroatoms. The van der Waals surface area contributed by atoms with Crippen LogP contribution in [0.1, 0.15) is 105 Å². The van der Waals surface area contributed by atoms with Crippen LogP contribution in [0.5, 0.6) is 0 Å². The van der Waals surface area contributed by atoms with Gasteiger partial charge in [-0.25, -0.2) is 4.79 Å². The highest BCUT2D eigenvalue weighted by molar-refractivity contribution is 5.82. The molecule has 2 nitrogen and oxygen atoms in total. The molecule has 0 spiro atoms. The Hall–Kier alpha value is -1.57. The summed E-state index contributed by atoms with van der Waals surface area (Å²) in [5, 5.41) is 0. The number of hydrogen-bond acceptors (Lipinski definition) is 2. The van der Waals surface area contributed by atoms with Crippen LogP contribution in [0.15, 0.2) is 47.6 Å². The molecule has 0 radical (unpaired) electrons. The molecule has 3 fully saturated rings. The van der Waals surface area contributed by atoms with Gasteiger partial charge in [-0.2, -0.15) is 0 Å². The second-order valence-corrected chi connectivity index (χ2v) is 11.7. The van der Waals surface area contributed by atoms with Gasteiger partial charge in [0.1, 0.15) is 6.10 Å². The van der Waals surface area contributed by atoms with E-state index in [9.17, 15) is 4.79 Å². The van der Waals surface area contributed by atoms with Crippen molar-refractivity contribution in [2.75, 3.05) is 0 Å². The van der Waals surface area contributed by atoms with Crippen molar-refractivity contribution in [2.24, 2.45) is 29.1 Å². The van der Waals surface area contributed by atoms with Crippen LogP contribution in [-0.2, 0) is 9.53 Å². The topological polar surface area (TPSA) is 26.3 Å². The lowest BCUT2D eigenvalue weighted by molar-refractivity contribution is -0.143. The molecule has 0 saturated heterocycles. The third-order valence-electron chi connectivity index (χ3n) is 8.92. The molecule has 0 aliphatic heterocycles. The summed E-state index contributed by atoms with van der Waals surface area (Å²) in [5.41, 5.74) is 4.62. The number of rotatable bonds is 8. The van der Waals surface area contributed by atoms with Crippen LogP contribution in [0.3, 0.4) is 0 Å². The first-order chi connectivity index (χ1) is 15.7. The molecule has 3 rings (SSSR count). The molecule has 3 saturated carbocycles. The van der Waals surface area contributed by atoms with Crippen molar-refractivity contribution in [3.8, 4) is 0 Å². The summed E-state index contributed by atoms with van der Waals surface area (Å²) in [7, 11) is 0. The van der Waals surface area contributed by atoms with Crippen LogP contribution in [0.25, 0.3) is 0 Å². The van der Waals surface area contributed by atoms with Crippen LogP contribution < -0.4 is 0 Å². The number of fused-ring (bicyclic) bond motifs is 1. The fourth-order valence-electron chi connectivity index (χ4n) is 7.08. The molecule has 0 aromatic rings. The number of ether oxygens (including phenoxy) is 1. The SMILES string of the molecule is C=C1CC[C@H](OC(=O)C=CC)CC1=CC=C1CCC[C@@]2(C)C1CC[C@@H]2[C@H](C)CCCC(C)C. The third-order valence-corrected chi connectivity index (χ3v) is 8.92. The summed E-state index contributed by atoms with van der Waals surface area (Å²) < 4.78 is 5.65. The maximum Gasteiger partial charge on any atom is 0.330 e. The van der Waals surface area contributed by atoms with Crippen LogP contribution in [-0.4, -0.2) is 12.1 Å². The minimum Gasteiger partial charge on any atom is -0.459 e. The zero-order valence-corrected chi connectivity index (χ0v) is 22.0. The van der Waals surface area contributed by atoms with E-state index in [-0.39, 0.29) is 12.1 Å². The molecule has 0 heterocycles. The fraction of sp³-hybridized carbons (Fsp3) is 0.710. The number of hydrogen-bond donors (Lipinski definition) is 0. The van der Waals surface area contributed by atoms with Gasteiger partial charge in [0.15, 0.2) is 0 Å². The zero-order valence-electron chi connectivity index (χ0n) is 22.0. The lowest BCUT2D eigenvalue weighted by atomic mass is 9.60. The monoisotopic (exact) mass is 452 g/mol. The summed E-state index contributed by atoms with van der Waals surface area (Å²) in [6.45, 7) is 16.0. The largest absolute Gasteiger partial charge is 0.459 e. The first-order valence-electron chi connectivity index (χ1n) is 13.7. The van der Waals surface area contributed by atoms with Crippen molar-refractivity contribution < 1.29 is 9.53 Å². The lowest BCUT2D eigenvalue weighted by Crippen LogP contribution is -2.36.